The van der Waals surface area contributed by atoms with Crippen molar-refractivity contribution in [3.63, 3.8) is 0 Å². The van der Waals surface area contributed by atoms with Crippen LogP contribution in [0.25, 0.3) is 0 Å². The summed E-state index contributed by atoms with van der Waals surface area (Å²) in [7, 11) is 0. The molecule has 0 saturated carbocycles. The lowest BCUT2D eigenvalue weighted by atomic mass is 9.90. The van der Waals surface area contributed by atoms with E-state index in [4.69, 9.17) is 0 Å². The summed E-state index contributed by atoms with van der Waals surface area (Å²) in [6.45, 7) is 11.1. The van der Waals surface area contributed by atoms with Crippen LogP contribution < -0.4 is 0 Å². The molecule has 1 N–H and O–H groups in total. The SMILES string of the molecule is CC(C)CCC(O)C(C)(C)N1CCCC1. The Morgan fingerprint density at radius 1 is 1.13 bits per heavy atom. The standard InChI is InChI=1S/C13H27NO/c1-11(2)7-8-12(15)13(3,4)14-9-5-6-10-14/h11-12,15H,5-10H2,1-4H3. The minimum atomic E-state index is -0.182. The van der Waals surface area contributed by atoms with E-state index < -0.39 is 0 Å². The molecule has 1 unspecified atom stereocenters. The van der Waals surface area contributed by atoms with E-state index in [1.165, 1.54) is 12.8 Å². The number of rotatable bonds is 5. The zero-order valence-electron chi connectivity index (χ0n) is 10.8. The average Bonchev–Trinajstić information content (AvgIpc) is 2.66. The van der Waals surface area contributed by atoms with Crippen molar-refractivity contribution >= 4 is 0 Å². The monoisotopic (exact) mass is 213 g/mol. The Bertz CT molecular complexity index is 183. The van der Waals surface area contributed by atoms with E-state index in [1.807, 2.05) is 0 Å². The van der Waals surface area contributed by atoms with Crippen molar-refractivity contribution < 1.29 is 5.11 Å². The summed E-state index contributed by atoms with van der Waals surface area (Å²) >= 11 is 0. The summed E-state index contributed by atoms with van der Waals surface area (Å²) in [4.78, 5) is 2.44. The molecule has 1 rings (SSSR count). The van der Waals surface area contributed by atoms with Crippen molar-refractivity contribution in [1.82, 2.24) is 4.90 Å². The lowest BCUT2D eigenvalue weighted by Gasteiger charge is -2.39. The van der Waals surface area contributed by atoms with Gasteiger partial charge in [-0.1, -0.05) is 13.8 Å². The summed E-state index contributed by atoms with van der Waals surface area (Å²) in [6.07, 6.45) is 4.46. The van der Waals surface area contributed by atoms with Gasteiger partial charge in [0.05, 0.1) is 6.10 Å². The lowest BCUT2D eigenvalue weighted by molar-refractivity contribution is -0.00457. The van der Waals surface area contributed by atoms with Gasteiger partial charge < -0.3 is 5.11 Å². The highest BCUT2D eigenvalue weighted by molar-refractivity contribution is 4.90. The third-order valence-corrected chi connectivity index (χ3v) is 3.75. The first-order valence-electron chi connectivity index (χ1n) is 6.37. The molecule has 0 aromatic rings. The molecule has 90 valence electrons. The van der Waals surface area contributed by atoms with Crippen LogP contribution in [0.3, 0.4) is 0 Å². The summed E-state index contributed by atoms with van der Waals surface area (Å²) in [5.41, 5.74) is -0.0363. The Kier molecular flexibility index (Phi) is 4.60. The van der Waals surface area contributed by atoms with Crippen LogP contribution in [0.15, 0.2) is 0 Å². The zero-order chi connectivity index (χ0) is 11.5. The smallest absolute Gasteiger partial charge is 0.0718 e. The second-order valence-electron chi connectivity index (χ2n) is 5.83. The molecule has 15 heavy (non-hydrogen) atoms. The van der Waals surface area contributed by atoms with E-state index in [-0.39, 0.29) is 11.6 Å². The maximum atomic E-state index is 10.2. The zero-order valence-corrected chi connectivity index (χ0v) is 10.8. The molecule has 2 nitrogen and oxygen atoms in total. The highest BCUT2D eigenvalue weighted by Gasteiger charge is 2.35. The Morgan fingerprint density at radius 3 is 2.13 bits per heavy atom. The van der Waals surface area contributed by atoms with Crippen molar-refractivity contribution in [2.75, 3.05) is 13.1 Å². The van der Waals surface area contributed by atoms with Crippen LogP contribution in [0.4, 0.5) is 0 Å². The highest BCUT2D eigenvalue weighted by atomic mass is 16.3. The lowest BCUT2D eigenvalue weighted by Crippen LogP contribution is -2.51. The molecule has 1 aliphatic rings. The van der Waals surface area contributed by atoms with Crippen molar-refractivity contribution in [3.8, 4) is 0 Å². The molecule has 1 atom stereocenters. The predicted octanol–water partition coefficient (Wildman–Crippen LogP) is 2.66. The van der Waals surface area contributed by atoms with E-state index in [1.54, 1.807) is 0 Å². The normalized spacial score (nSPS) is 21.2. The topological polar surface area (TPSA) is 23.5 Å². The molecule has 1 fully saturated rings. The summed E-state index contributed by atoms with van der Waals surface area (Å²) in [5.74, 6) is 0.689. The quantitative estimate of drug-likeness (QED) is 0.759. The number of hydrogen-bond donors (Lipinski definition) is 1. The molecular weight excluding hydrogens is 186 g/mol. The second kappa shape index (κ2) is 5.31. The minimum absolute atomic E-state index is 0.0363. The van der Waals surface area contributed by atoms with Gasteiger partial charge in [0.2, 0.25) is 0 Å². The number of likely N-dealkylation sites (tertiary alicyclic amines) is 1. The van der Waals surface area contributed by atoms with Gasteiger partial charge in [-0.25, -0.2) is 0 Å². The second-order valence-corrected chi connectivity index (χ2v) is 5.83. The van der Waals surface area contributed by atoms with Crippen LogP contribution in [0.5, 0.6) is 0 Å². The Hall–Kier alpha value is -0.0800. The van der Waals surface area contributed by atoms with E-state index in [9.17, 15) is 5.11 Å². The van der Waals surface area contributed by atoms with Crippen LogP contribution in [-0.2, 0) is 0 Å². The van der Waals surface area contributed by atoms with Crippen LogP contribution in [0, 0.1) is 5.92 Å². The molecule has 0 amide bonds. The van der Waals surface area contributed by atoms with Gasteiger partial charge in [0.25, 0.3) is 0 Å². The third kappa shape index (κ3) is 3.46. The maximum absolute atomic E-state index is 10.2. The van der Waals surface area contributed by atoms with Gasteiger partial charge in [-0.05, 0) is 58.5 Å². The van der Waals surface area contributed by atoms with Gasteiger partial charge in [0.15, 0.2) is 0 Å². The largest absolute Gasteiger partial charge is 0.391 e. The first-order valence-corrected chi connectivity index (χ1v) is 6.37. The van der Waals surface area contributed by atoms with Crippen molar-refractivity contribution in [2.24, 2.45) is 5.92 Å². The number of nitrogens with zero attached hydrogens (tertiary/aromatic N) is 1. The minimum Gasteiger partial charge on any atom is -0.391 e. The van der Waals surface area contributed by atoms with Gasteiger partial charge in [-0.2, -0.15) is 0 Å². The molecule has 0 aliphatic carbocycles. The Labute approximate surface area is 94.7 Å². The van der Waals surface area contributed by atoms with E-state index in [2.05, 4.69) is 32.6 Å². The van der Waals surface area contributed by atoms with E-state index in [0.717, 1.165) is 25.9 Å². The highest BCUT2D eigenvalue weighted by Crippen LogP contribution is 2.27. The van der Waals surface area contributed by atoms with Gasteiger partial charge >= 0.3 is 0 Å². The van der Waals surface area contributed by atoms with Crippen LogP contribution >= 0.6 is 0 Å². The molecule has 0 radical (unpaired) electrons. The first kappa shape index (κ1) is 13.0. The van der Waals surface area contributed by atoms with Crippen LogP contribution in [0.2, 0.25) is 0 Å². The third-order valence-electron chi connectivity index (χ3n) is 3.75. The van der Waals surface area contributed by atoms with Crippen molar-refractivity contribution in [2.45, 2.75) is 65.0 Å². The number of hydrogen-bond acceptors (Lipinski definition) is 2. The van der Waals surface area contributed by atoms with Gasteiger partial charge in [0.1, 0.15) is 0 Å². The van der Waals surface area contributed by atoms with E-state index in [0.29, 0.717) is 5.92 Å². The fraction of sp³-hybridized carbons (Fsp3) is 1.00. The number of aliphatic hydroxyl groups is 1. The summed E-state index contributed by atoms with van der Waals surface area (Å²) < 4.78 is 0. The van der Waals surface area contributed by atoms with Gasteiger partial charge in [0, 0.05) is 5.54 Å². The fourth-order valence-electron chi connectivity index (χ4n) is 2.35. The van der Waals surface area contributed by atoms with Crippen LogP contribution in [0.1, 0.15) is 53.4 Å². The fourth-order valence-corrected chi connectivity index (χ4v) is 2.35. The molecule has 1 aliphatic heterocycles. The van der Waals surface area contributed by atoms with Crippen molar-refractivity contribution in [1.29, 1.82) is 0 Å². The molecule has 0 aromatic carbocycles. The Balaban J connectivity index is 2.44. The van der Waals surface area contributed by atoms with E-state index >= 15 is 0 Å². The summed E-state index contributed by atoms with van der Waals surface area (Å²) in [5, 5.41) is 10.2. The molecule has 1 heterocycles. The van der Waals surface area contributed by atoms with Crippen LogP contribution in [-0.4, -0.2) is 34.7 Å². The Morgan fingerprint density at radius 2 is 1.67 bits per heavy atom. The predicted molar refractivity (Wildman–Crippen MR) is 65.0 cm³/mol. The molecule has 0 bridgehead atoms. The van der Waals surface area contributed by atoms with Gasteiger partial charge in [-0.15, -0.1) is 0 Å². The average molecular weight is 213 g/mol. The molecule has 0 spiro atoms. The molecule has 1 saturated heterocycles. The molecular formula is C13H27NO. The number of aliphatic hydroxyl groups excluding tert-OH is 1. The molecule has 0 aromatic heterocycles. The molecule has 2 heteroatoms. The van der Waals surface area contributed by atoms with Gasteiger partial charge in [-0.3, -0.25) is 4.90 Å². The maximum Gasteiger partial charge on any atom is 0.0718 e. The summed E-state index contributed by atoms with van der Waals surface area (Å²) in [6, 6.07) is 0. The van der Waals surface area contributed by atoms with Crippen molar-refractivity contribution in [3.05, 3.63) is 0 Å². The first-order chi connectivity index (χ1) is 6.94.